The van der Waals surface area contributed by atoms with E-state index in [4.69, 9.17) is 14.5 Å². The number of hydrazine groups is 1. The van der Waals surface area contributed by atoms with E-state index in [9.17, 15) is 39.3 Å². The van der Waals surface area contributed by atoms with Crippen LogP contribution in [0.5, 0.6) is 5.75 Å². The summed E-state index contributed by atoms with van der Waals surface area (Å²) in [5.41, 5.74) is 4.14. The molecule has 19 nitrogen and oxygen atoms in total. The number of cyclic esters (lactones) is 1. The number of aromatic nitrogens is 2. The summed E-state index contributed by atoms with van der Waals surface area (Å²) in [4.78, 5) is 82.8. The Balaban J connectivity index is 1.12. The smallest absolute Gasteiger partial charge is 0.355 e. The van der Waals surface area contributed by atoms with E-state index in [2.05, 4.69) is 57.0 Å². The second-order valence-corrected chi connectivity index (χ2v) is 21.9. The molecule has 2 aromatic heterocycles. The summed E-state index contributed by atoms with van der Waals surface area (Å²) in [7, 11) is 5.09. The molecule has 0 saturated carbocycles. The fraction of sp³-hybridized carbons (Fsp3) is 0.536. The monoisotopic (exact) mass is 1030 g/mol. The van der Waals surface area contributed by atoms with E-state index in [0.29, 0.717) is 30.6 Å². The quantitative estimate of drug-likeness (QED) is 0.114. The number of esters is 1. The van der Waals surface area contributed by atoms with Crippen LogP contribution in [0.15, 0.2) is 54.7 Å². The number of aryl methyl sites for hydroxylation is 1. The second kappa shape index (κ2) is 22.4. The zero-order valence-corrected chi connectivity index (χ0v) is 44.6. The zero-order chi connectivity index (χ0) is 54.0. The summed E-state index contributed by atoms with van der Waals surface area (Å²) in [6, 6.07) is 12.4. The Kier molecular flexibility index (Phi) is 16.4. The molecule has 4 atom stereocenters. The van der Waals surface area contributed by atoms with Gasteiger partial charge in [0.15, 0.2) is 5.60 Å². The van der Waals surface area contributed by atoms with Gasteiger partial charge in [-0.2, -0.15) is 5.43 Å². The molecule has 1 unspecified atom stereocenters. The summed E-state index contributed by atoms with van der Waals surface area (Å²) in [5.74, 6) is 1.34. The van der Waals surface area contributed by atoms with E-state index in [1.165, 1.54) is 18.0 Å². The number of nitrogens with one attached hydrogen (secondary N) is 2. The largest absolute Gasteiger partial charge is 0.508 e. The van der Waals surface area contributed by atoms with Crippen LogP contribution in [-0.4, -0.2) is 183 Å². The number of benzene rings is 2. The van der Waals surface area contributed by atoms with E-state index in [1.807, 2.05) is 44.2 Å². The summed E-state index contributed by atoms with van der Waals surface area (Å²) < 4.78 is 13.8. The number of phenols is 1. The Morgan fingerprint density at radius 1 is 1.01 bits per heavy atom. The van der Waals surface area contributed by atoms with Crippen molar-refractivity contribution in [1.29, 1.82) is 0 Å². The number of phenolic OH excluding ortho intramolecular Hbond substituents is 1. The summed E-state index contributed by atoms with van der Waals surface area (Å²) in [6.07, 6.45) is 2.08. The first-order valence-electron chi connectivity index (χ1n) is 26.0. The van der Waals surface area contributed by atoms with Crippen LogP contribution in [0, 0.1) is 23.2 Å². The molecule has 6 heterocycles. The van der Waals surface area contributed by atoms with Crippen molar-refractivity contribution >= 4 is 40.5 Å². The molecule has 0 aliphatic carbocycles. The first-order chi connectivity index (χ1) is 35.6. The number of hydrogen-bond acceptors (Lipinski definition) is 14. The minimum absolute atomic E-state index is 0.0610. The molecule has 3 fully saturated rings. The number of methoxy groups -OCH3 is 1. The number of piperazine rings is 1. The lowest BCUT2D eigenvalue weighted by Crippen LogP contribution is -2.67. The van der Waals surface area contributed by atoms with E-state index in [1.54, 1.807) is 33.2 Å². The first-order valence-corrected chi connectivity index (χ1v) is 26.0. The van der Waals surface area contributed by atoms with Gasteiger partial charge in [0.25, 0.3) is 17.7 Å². The molecule has 0 radical (unpaired) electrons. The van der Waals surface area contributed by atoms with Crippen molar-refractivity contribution in [2.45, 2.75) is 103 Å². The number of rotatable bonds is 10. The third-order valence-electron chi connectivity index (χ3n) is 15.0. The molecule has 8 rings (SSSR count). The fourth-order valence-electron chi connectivity index (χ4n) is 11.0. The van der Waals surface area contributed by atoms with Crippen LogP contribution in [0.25, 0.3) is 33.3 Å². The average Bonchev–Trinajstić information content (AvgIpc) is 3.94. The number of ether oxygens (including phenoxy) is 2. The minimum atomic E-state index is -2.31. The molecule has 2 aromatic carbocycles. The maximum atomic E-state index is 14.9. The number of aromatic hydroxyl groups is 1. The SMILES string of the molecule is CCn1c(-c2cccnc2COC)c2c3cc(ccc31)-c1cc(O)cc(c1)C[C@H](NC(=O)[C@H](C(C)C)N(C)C(=O)C1(O)CCN(C(=O)C#CCN3CCN(C)CC3)C1)C(=O)N1CCC[C@@](O)(N1)C(=O)OCC(C)(C)C2. The van der Waals surface area contributed by atoms with Crippen LogP contribution < -0.4 is 10.7 Å². The number of likely N-dealkylation sites (tertiary alicyclic amines) is 1. The summed E-state index contributed by atoms with van der Waals surface area (Å²) in [6.45, 7) is 14.1. The van der Waals surface area contributed by atoms with E-state index < -0.39 is 64.3 Å². The topological polar surface area (TPSA) is 223 Å². The molecule has 6 bridgehead atoms. The molecule has 4 amide bonds. The Labute approximate surface area is 439 Å². The number of nitrogens with zero attached hydrogens (tertiary/aromatic N) is 7. The number of amides is 4. The summed E-state index contributed by atoms with van der Waals surface area (Å²) in [5, 5.41) is 40.1. The molecular weight excluding hydrogens is 959 g/mol. The highest BCUT2D eigenvalue weighted by Gasteiger charge is 2.49. The van der Waals surface area contributed by atoms with Crippen LogP contribution in [0.3, 0.4) is 0 Å². The van der Waals surface area contributed by atoms with Crippen molar-refractivity contribution in [2.24, 2.45) is 11.3 Å². The standard InChI is InChI=1S/C56H73N9O10/c1-9-64-46-16-15-38-31-42(46)43(49(64)41-13-10-19-57-45(41)33-74-8)32-54(4,5)35-75-53(71)56(73)17-12-21-65(59-56)51(69)44(29-37-27-39(38)30-40(66)28-37)58-50(68)48(36(2)3)61(7)52(70)55(72)18-22-63(34-55)47(67)14-11-20-62-25-23-60(6)24-26-62/h10,13,15-16,19,27-28,30-31,36,44,48,59,66,72-73H,9,12,17-18,20-26,29,32-35H2,1-8H3,(H,58,68)/t44-,48-,55?,56-/m0/s1. The van der Waals surface area contributed by atoms with Crippen molar-refractivity contribution in [3.63, 3.8) is 0 Å². The van der Waals surface area contributed by atoms with Gasteiger partial charge >= 0.3 is 5.97 Å². The van der Waals surface area contributed by atoms with E-state index >= 15 is 0 Å². The first kappa shape index (κ1) is 54.8. The highest BCUT2D eigenvalue weighted by Crippen LogP contribution is 2.41. The lowest BCUT2D eigenvalue weighted by atomic mass is 9.84. The Morgan fingerprint density at radius 2 is 1.77 bits per heavy atom. The second-order valence-electron chi connectivity index (χ2n) is 21.9. The van der Waals surface area contributed by atoms with Crippen LogP contribution in [-0.2, 0) is 59.4 Å². The van der Waals surface area contributed by atoms with Crippen molar-refractivity contribution in [3.05, 3.63) is 71.5 Å². The van der Waals surface area contributed by atoms with Crippen LogP contribution in [0.1, 0.15) is 70.7 Å². The van der Waals surface area contributed by atoms with Crippen LogP contribution in [0.2, 0.25) is 0 Å². The van der Waals surface area contributed by atoms with E-state index in [0.717, 1.165) is 75.1 Å². The van der Waals surface area contributed by atoms with Gasteiger partial charge in [-0.25, -0.2) is 4.79 Å². The van der Waals surface area contributed by atoms with Crippen molar-refractivity contribution in [2.75, 3.05) is 80.2 Å². The Bertz CT molecular complexity index is 2880. The highest BCUT2D eigenvalue weighted by atomic mass is 16.6. The third-order valence-corrected chi connectivity index (χ3v) is 15.0. The molecule has 402 valence electrons. The number of pyridine rings is 1. The normalized spacial score (nSPS) is 23.1. The predicted octanol–water partition coefficient (Wildman–Crippen LogP) is 2.91. The number of β-amino-alcohol motifs (C(OH)–C–C–N with tert-alkyl or cyclic N) is 1. The number of fused-ring (bicyclic) bond motifs is 6. The molecule has 5 N–H and O–H groups in total. The van der Waals surface area contributed by atoms with Gasteiger partial charge in [0.1, 0.15) is 17.8 Å². The molecule has 4 aliphatic rings. The average molecular weight is 1030 g/mol. The molecule has 75 heavy (non-hydrogen) atoms. The predicted molar refractivity (Wildman–Crippen MR) is 281 cm³/mol. The van der Waals surface area contributed by atoms with Crippen molar-refractivity contribution in [3.8, 4) is 40.0 Å². The van der Waals surface area contributed by atoms with Gasteiger partial charge < -0.3 is 49.4 Å². The van der Waals surface area contributed by atoms with Crippen LogP contribution in [0.4, 0.5) is 0 Å². The number of carbonyl (C=O) groups is 5. The van der Waals surface area contributed by atoms with Gasteiger partial charge in [-0.05, 0) is 97.3 Å². The number of aliphatic hydroxyl groups is 2. The maximum absolute atomic E-state index is 14.9. The van der Waals surface area contributed by atoms with Gasteiger partial charge in [-0.3, -0.25) is 34.1 Å². The zero-order valence-electron chi connectivity index (χ0n) is 44.6. The van der Waals surface area contributed by atoms with Crippen molar-refractivity contribution < 1.29 is 48.8 Å². The van der Waals surface area contributed by atoms with Gasteiger partial charge in [0, 0.05) is 107 Å². The molecule has 4 aromatic rings. The Morgan fingerprint density at radius 3 is 2.49 bits per heavy atom. The Hall–Kier alpha value is -6.40. The molecule has 0 spiro atoms. The maximum Gasteiger partial charge on any atom is 0.355 e. The highest BCUT2D eigenvalue weighted by molar-refractivity contribution is 5.98. The van der Waals surface area contributed by atoms with Crippen molar-refractivity contribution in [1.82, 2.24) is 44.9 Å². The minimum Gasteiger partial charge on any atom is -0.508 e. The number of carbonyl (C=O) groups excluding carboxylic acids is 5. The van der Waals surface area contributed by atoms with Gasteiger partial charge in [-0.1, -0.05) is 45.7 Å². The van der Waals surface area contributed by atoms with Gasteiger partial charge in [0.2, 0.25) is 11.6 Å². The molecule has 3 saturated heterocycles. The summed E-state index contributed by atoms with van der Waals surface area (Å²) >= 11 is 0. The van der Waals surface area contributed by atoms with Gasteiger partial charge in [-0.15, -0.1) is 0 Å². The molecular formula is C56H73N9O10. The number of likely N-dealkylation sites (N-methyl/N-ethyl adjacent to an activating group) is 2. The third kappa shape index (κ3) is 11.9. The fourth-order valence-corrected chi connectivity index (χ4v) is 11.0. The number of hydrogen-bond donors (Lipinski definition) is 5. The lowest BCUT2D eigenvalue weighted by molar-refractivity contribution is -0.189. The van der Waals surface area contributed by atoms with Gasteiger partial charge in [0.05, 0.1) is 37.7 Å². The van der Waals surface area contributed by atoms with Crippen LogP contribution >= 0.6 is 0 Å². The lowest BCUT2D eigenvalue weighted by Gasteiger charge is -2.40. The van der Waals surface area contributed by atoms with E-state index in [-0.39, 0.29) is 64.3 Å². The molecule has 19 heteroatoms. The molecule has 4 aliphatic heterocycles.